The molecule has 2 aliphatic rings. The lowest BCUT2D eigenvalue weighted by molar-refractivity contribution is -0.385. The van der Waals surface area contributed by atoms with E-state index >= 15 is 0 Å². The molecule has 1 atom stereocenters. The molecule has 9 nitrogen and oxygen atoms in total. The number of methoxy groups -OCH3 is 1. The number of nitro groups is 1. The summed E-state index contributed by atoms with van der Waals surface area (Å²) in [6, 6.07) is 2.97. The van der Waals surface area contributed by atoms with Crippen molar-refractivity contribution in [3.8, 4) is 11.5 Å². The first-order valence-corrected chi connectivity index (χ1v) is 8.43. The van der Waals surface area contributed by atoms with Crippen molar-refractivity contribution >= 4 is 17.5 Å². The molecule has 0 spiro atoms. The Balaban J connectivity index is 1.80. The molecule has 1 saturated heterocycles. The van der Waals surface area contributed by atoms with Gasteiger partial charge in [0, 0.05) is 25.7 Å². The van der Waals surface area contributed by atoms with Crippen LogP contribution in [-0.2, 0) is 4.74 Å². The van der Waals surface area contributed by atoms with E-state index in [1.807, 2.05) is 20.8 Å². The van der Waals surface area contributed by atoms with Crippen LogP contribution in [0.3, 0.4) is 0 Å². The molecule has 2 aliphatic heterocycles. The Morgan fingerprint density at radius 2 is 2.08 bits per heavy atom. The second kappa shape index (κ2) is 6.54. The van der Waals surface area contributed by atoms with Crippen LogP contribution >= 0.6 is 0 Å². The third-order valence-corrected chi connectivity index (χ3v) is 4.33. The summed E-state index contributed by atoms with van der Waals surface area (Å²) in [7, 11) is 1.40. The zero-order valence-corrected chi connectivity index (χ0v) is 15.4. The molecule has 26 heavy (non-hydrogen) atoms. The minimum Gasteiger partial charge on any atom is -0.490 e. The third kappa shape index (κ3) is 3.47. The number of nitro benzene ring substituents is 1. The largest absolute Gasteiger partial charge is 0.490 e. The highest BCUT2D eigenvalue weighted by Crippen LogP contribution is 2.43. The number of benzene rings is 1. The van der Waals surface area contributed by atoms with Crippen LogP contribution in [0.15, 0.2) is 12.1 Å². The number of hydrogen-bond acceptors (Lipinski definition) is 7. The SMILES string of the molecule is COc1cc2c(cc1[N+](=O)[O-])OC[C@H]1CN(C(=O)OC(C)(C)C)CCN21. The Hall–Kier alpha value is -2.71. The Morgan fingerprint density at radius 1 is 1.35 bits per heavy atom. The fraction of sp³-hybridized carbons (Fsp3) is 0.588. The van der Waals surface area contributed by atoms with Gasteiger partial charge < -0.3 is 24.0 Å². The van der Waals surface area contributed by atoms with Crippen molar-refractivity contribution in [2.75, 3.05) is 38.3 Å². The molecule has 0 N–H and O–H groups in total. The normalized spacial score (nSPS) is 19.2. The van der Waals surface area contributed by atoms with Crippen molar-refractivity contribution < 1.29 is 23.9 Å². The lowest BCUT2D eigenvalue weighted by Crippen LogP contribution is -2.59. The number of amides is 1. The summed E-state index contributed by atoms with van der Waals surface area (Å²) in [6.07, 6.45) is -0.343. The molecular formula is C17H23N3O6. The molecule has 9 heteroatoms. The lowest BCUT2D eigenvalue weighted by Gasteiger charge is -2.45. The number of rotatable bonds is 2. The van der Waals surface area contributed by atoms with E-state index in [2.05, 4.69) is 4.90 Å². The van der Waals surface area contributed by atoms with Gasteiger partial charge in [0.2, 0.25) is 0 Å². The monoisotopic (exact) mass is 365 g/mol. The van der Waals surface area contributed by atoms with Gasteiger partial charge in [0.1, 0.15) is 18.0 Å². The Bertz CT molecular complexity index is 730. The standard InChI is InChI=1S/C17H23N3O6/c1-17(2,3)26-16(21)18-5-6-19-11(9-18)10-25-15-8-13(20(22)23)14(24-4)7-12(15)19/h7-8,11H,5-6,9-10H2,1-4H3/t11-/m1/s1. The van der Waals surface area contributed by atoms with Crippen molar-refractivity contribution in [3.63, 3.8) is 0 Å². The second-order valence-corrected chi connectivity index (χ2v) is 7.33. The van der Waals surface area contributed by atoms with E-state index in [4.69, 9.17) is 14.2 Å². The van der Waals surface area contributed by atoms with E-state index in [0.29, 0.717) is 32.0 Å². The summed E-state index contributed by atoms with van der Waals surface area (Å²) < 4.78 is 16.3. The number of piperazine rings is 1. The van der Waals surface area contributed by atoms with Crippen molar-refractivity contribution in [2.24, 2.45) is 0 Å². The molecule has 1 aromatic rings. The summed E-state index contributed by atoms with van der Waals surface area (Å²) in [5, 5.41) is 11.2. The van der Waals surface area contributed by atoms with Gasteiger partial charge in [-0.3, -0.25) is 10.1 Å². The molecule has 0 radical (unpaired) electrons. The number of carbonyl (C=O) groups excluding carboxylic acids is 1. The lowest BCUT2D eigenvalue weighted by atomic mass is 10.1. The van der Waals surface area contributed by atoms with Gasteiger partial charge >= 0.3 is 11.8 Å². The van der Waals surface area contributed by atoms with E-state index in [1.54, 1.807) is 11.0 Å². The Morgan fingerprint density at radius 3 is 2.69 bits per heavy atom. The van der Waals surface area contributed by atoms with Gasteiger partial charge in [-0.15, -0.1) is 0 Å². The third-order valence-electron chi connectivity index (χ3n) is 4.33. The first-order chi connectivity index (χ1) is 12.2. The molecule has 2 heterocycles. The summed E-state index contributed by atoms with van der Waals surface area (Å²) in [5.41, 5.74) is 0.0699. The topological polar surface area (TPSA) is 94.4 Å². The Labute approximate surface area is 151 Å². The first kappa shape index (κ1) is 18.1. The summed E-state index contributed by atoms with van der Waals surface area (Å²) in [4.78, 5) is 26.8. The van der Waals surface area contributed by atoms with Crippen LogP contribution in [0.25, 0.3) is 0 Å². The smallest absolute Gasteiger partial charge is 0.410 e. The van der Waals surface area contributed by atoms with Crippen LogP contribution in [0.4, 0.5) is 16.2 Å². The number of hydrogen-bond donors (Lipinski definition) is 0. The predicted molar refractivity (Wildman–Crippen MR) is 94.1 cm³/mol. The van der Waals surface area contributed by atoms with Crippen molar-refractivity contribution in [3.05, 3.63) is 22.2 Å². The highest BCUT2D eigenvalue weighted by atomic mass is 16.6. The fourth-order valence-corrected chi connectivity index (χ4v) is 3.18. The summed E-state index contributed by atoms with van der Waals surface area (Å²) in [6.45, 7) is 7.40. The number of carbonyl (C=O) groups is 1. The van der Waals surface area contributed by atoms with Gasteiger partial charge in [-0.05, 0) is 20.8 Å². The molecular weight excluding hydrogens is 342 g/mol. The maximum Gasteiger partial charge on any atom is 0.410 e. The predicted octanol–water partition coefficient (Wildman–Crippen LogP) is 2.42. The van der Waals surface area contributed by atoms with Crippen LogP contribution in [0, 0.1) is 10.1 Å². The molecule has 0 aromatic heterocycles. The molecule has 0 saturated carbocycles. The highest BCUT2D eigenvalue weighted by molar-refractivity contribution is 5.72. The van der Waals surface area contributed by atoms with Gasteiger partial charge in [-0.25, -0.2) is 4.79 Å². The molecule has 1 amide bonds. The zero-order valence-electron chi connectivity index (χ0n) is 15.4. The van der Waals surface area contributed by atoms with Crippen LogP contribution in [0.1, 0.15) is 20.8 Å². The molecule has 1 fully saturated rings. The van der Waals surface area contributed by atoms with Gasteiger partial charge in [0.05, 0.1) is 29.8 Å². The van der Waals surface area contributed by atoms with Crippen LogP contribution < -0.4 is 14.4 Å². The van der Waals surface area contributed by atoms with Crippen LogP contribution in [-0.4, -0.2) is 60.9 Å². The van der Waals surface area contributed by atoms with Crippen molar-refractivity contribution in [2.45, 2.75) is 32.4 Å². The second-order valence-electron chi connectivity index (χ2n) is 7.33. The van der Waals surface area contributed by atoms with Crippen LogP contribution in [0.5, 0.6) is 11.5 Å². The highest BCUT2D eigenvalue weighted by Gasteiger charge is 2.37. The maximum absolute atomic E-state index is 12.3. The molecule has 0 bridgehead atoms. The van der Waals surface area contributed by atoms with Gasteiger partial charge in [0.25, 0.3) is 0 Å². The minimum absolute atomic E-state index is 0.0464. The van der Waals surface area contributed by atoms with E-state index in [0.717, 1.165) is 5.69 Å². The molecule has 0 aliphatic carbocycles. The molecule has 0 unspecified atom stereocenters. The van der Waals surface area contributed by atoms with E-state index < -0.39 is 10.5 Å². The maximum atomic E-state index is 12.3. The first-order valence-electron chi connectivity index (χ1n) is 8.43. The number of fused-ring (bicyclic) bond motifs is 3. The number of ether oxygens (including phenoxy) is 3. The van der Waals surface area contributed by atoms with Gasteiger partial charge in [-0.1, -0.05) is 0 Å². The fourth-order valence-electron chi connectivity index (χ4n) is 3.18. The average Bonchev–Trinajstić information content (AvgIpc) is 2.58. The minimum atomic E-state index is -0.545. The van der Waals surface area contributed by atoms with Crippen LogP contribution in [0.2, 0.25) is 0 Å². The van der Waals surface area contributed by atoms with E-state index in [-0.39, 0.29) is 23.6 Å². The molecule has 3 rings (SSSR count). The van der Waals surface area contributed by atoms with Gasteiger partial charge in [0.15, 0.2) is 5.75 Å². The summed E-state index contributed by atoms with van der Waals surface area (Å²) >= 11 is 0. The van der Waals surface area contributed by atoms with Gasteiger partial charge in [-0.2, -0.15) is 0 Å². The van der Waals surface area contributed by atoms with Crippen molar-refractivity contribution in [1.82, 2.24) is 4.90 Å². The Kier molecular flexibility index (Phi) is 4.55. The van der Waals surface area contributed by atoms with E-state index in [9.17, 15) is 14.9 Å². The zero-order chi connectivity index (χ0) is 19.1. The van der Waals surface area contributed by atoms with Crippen molar-refractivity contribution in [1.29, 1.82) is 0 Å². The van der Waals surface area contributed by atoms with E-state index in [1.165, 1.54) is 13.2 Å². The number of anilines is 1. The summed E-state index contributed by atoms with van der Waals surface area (Å²) in [5.74, 6) is 0.645. The molecule has 142 valence electrons. The number of nitrogens with zero attached hydrogens (tertiary/aromatic N) is 3. The molecule has 1 aromatic carbocycles. The quantitative estimate of drug-likeness (QED) is 0.587. The average molecular weight is 365 g/mol.